The molecule has 1 heterocycles. The van der Waals surface area contributed by atoms with E-state index in [1.165, 1.54) is 0 Å². The monoisotopic (exact) mass is 346 g/mol. The molecule has 1 saturated heterocycles. The predicted octanol–water partition coefficient (Wildman–Crippen LogP) is -1.94. The number of aromatic hydroxyl groups is 2. The van der Waals surface area contributed by atoms with Crippen LogP contribution in [0.1, 0.15) is 10.4 Å². The summed E-state index contributed by atoms with van der Waals surface area (Å²) in [6, 6.07) is 1.85. The van der Waals surface area contributed by atoms with Crippen molar-refractivity contribution in [2.24, 2.45) is 0 Å². The van der Waals surface area contributed by atoms with Crippen molar-refractivity contribution in [3.63, 3.8) is 0 Å². The number of phenols is 2. The number of hydrogen-bond acceptors (Lipinski definition) is 10. The van der Waals surface area contributed by atoms with E-state index in [1.54, 1.807) is 0 Å². The van der Waals surface area contributed by atoms with E-state index in [-0.39, 0.29) is 5.75 Å². The topological polar surface area (TPSA) is 166 Å². The molecule has 1 aliphatic heterocycles. The number of aliphatic hydroxyl groups excluding tert-OH is 4. The number of carbonyl (C=O) groups excluding carboxylic acids is 1. The highest BCUT2D eigenvalue weighted by Gasteiger charge is 2.45. The Kier molecular flexibility index (Phi) is 5.47. The lowest BCUT2D eigenvalue weighted by atomic mass is 9.99. The highest BCUT2D eigenvalue weighted by molar-refractivity contribution is 5.95. The van der Waals surface area contributed by atoms with Crippen LogP contribution in [-0.4, -0.2) is 81.0 Å². The van der Waals surface area contributed by atoms with Crippen LogP contribution in [-0.2, 0) is 9.47 Å². The molecule has 0 unspecified atom stereocenters. The molecule has 0 aromatic heterocycles. The summed E-state index contributed by atoms with van der Waals surface area (Å²) in [5.74, 6) is -2.45. The van der Waals surface area contributed by atoms with Crippen molar-refractivity contribution in [1.82, 2.24) is 0 Å². The summed E-state index contributed by atoms with van der Waals surface area (Å²) < 4.78 is 14.9. The van der Waals surface area contributed by atoms with Crippen LogP contribution < -0.4 is 4.74 Å². The fourth-order valence-electron chi connectivity index (χ4n) is 2.28. The second kappa shape index (κ2) is 7.20. The summed E-state index contributed by atoms with van der Waals surface area (Å²) in [7, 11) is 1.06. The predicted molar refractivity (Wildman–Crippen MR) is 75.5 cm³/mol. The van der Waals surface area contributed by atoms with Crippen LogP contribution in [0.3, 0.4) is 0 Å². The molecular formula is C14H18O10. The zero-order chi connectivity index (χ0) is 18.0. The second-order valence-corrected chi connectivity index (χ2v) is 5.14. The van der Waals surface area contributed by atoms with Crippen molar-refractivity contribution in [1.29, 1.82) is 0 Å². The first-order chi connectivity index (χ1) is 11.3. The Balaban J connectivity index is 2.34. The SMILES string of the molecule is COC(=O)c1c(O)cc(O)cc1O[C@@H]1O[C@H](CO)[C@@H](O)[C@H](O)[C@H]1O. The van der Waals surface area contributed by atoms with Gasteiger partial charge < -0.3 is 44.8 Å². The van der Waals surface area contributed by atoms with Crippen LogP contribution in [0, 0.1) is 0 Å². The number of hydrogen-bond donors (Lipinski definition) is 6. The van der Waals surface area contributed by atoms with Crippen molar-refractivity contribution in [3.05, 3.63) is 17.7 Å². The molecule has 5 atom stereocenters. The Labute approximate surface area is 136 Å². The first kappa shape index (κ1) is 18.2. The van der Waals surface area contributed by atoms with Crippen LogP contribution in [0.2, 0.25) is 0 Å². The zero-order valence-corrected chi connectivity index (χ0v) is 12.6. The normalized spacial score (nSPS) is 30.0. The van der Waals surface area contributed by atoms with Gasteiger partial charge in [-0.25, -0.2) is 4.79 Å². The number of ether oxygens (including phenoxy) is 3. The highest BCUT2D eigenvalue weighted by Crippen LogP contribution is 2.35. The van der Waals surface area contributed by atoms with E-state index in [9.17, 15) is 30.3 Å². The summed E-state index contributed by atoms with van der Waals surface area (Å²) in [4.78, 5) is 11.7. The van der Waals surface area contributed by atoms with Gasteiger partial charge in [0, 0.05) is 12.1 Å². The van der Waals surface area contributed by atoms with Crippen LogP contribution in [0.15, 0.2) is 12.1 Å². The first-order valence-electron chi connectivity index (χ1n) is 6.91. The maximum atomic E-state index is 11.7. The molecule has 0 aliphatic carbocycles. The van der Waals surface area contributed by atoms with Gasteiger partial charge in [-0.2, -0.15) is 0 Å². The van der Waals surface area contributed by atoms with Crippen molar-refractivity contribution in [2.75, 3.05) is 13.7 Å². The first-order valence-corrected chi connectivity index (χ1v) is 6.91. The van der Waals surface area contributed by atoms with Gasteiger partial charge in [0.15, 0.2) is 0 Å². The van der Waals surface area contributed by atoms with Gasteiger partial charge in [0.25, 0.3) is 0 Å². The molecule has 1 aliphatic rings. The Morgan fingerprint density at radius 2 is 1.83 bits per heavy atom. The summed E-state index contributed by atoms with van der Waals surface area (Å²) in [6.45, 7) is -0.667. The van der Waals surface area contributed by atoms with E-state index in [2.05, 4.69) is 4.74 Å². The Morgan fingerprint density at radius 1 is 1.17 bits per heavy atom. The zero-order valence-electron chi connectivity index (χ0n) is 12.6. The van der Waals surface area contributed by atoms with Crippen LogP contribution in [0.4, 0.5) is 0 Å². The van der Waals surface area contributed by atoms with Crippen molar-refractivity contribution < 1.29 is 49.6 Å². The average Bonchev–Trinajstić information content (AvgIpc) is 2.54. The van der Waals surface area contributed by atoms with E-state index < -0.39 is 60.3 Å². The van der Waals surface area contributed by atoms with Gasteiger partial charge in [0.05, 0.1) is 13.7 Å². The van der Waals surface area contributed by atoms with Gasteiger partial charge in [0.2, 0.25) is 6.29 Å². The summed E-state index contributed by atoms with van der Waals surface area (Å²) in [5, 5.41) is 57.8. The molecule has 24 heavy (non-hydrogen) atoms. The molecule has 0 saturated carbocycles. The van der Waals surface area contributed by atoms with E-state index >= 15 is 0 Å². The third-order valence-electron chi connectivity index (χ3n) is 3.55. The van der Waals surface area contributed by atoms with Crippen molar-refractivity contribution in [2.45, 2.75) is 30.7 Å². The molecule has 10 heteroatoms. The van der Waals surface area contributed by atoms with Crippen LogP contribution in [0.5, 0.6) is 17.2 Å². The fraction of sp³-hybridized carbons (Fsp3) is 0.500. The lowest BCUT2D eigenvalue weighted by Crippen LogP contribution is -2.60. The average molecular weight is 346 g/mol. The molecule has 6 N–H and O–H groups in total. The lowest BCUT2D eigenvalue weighted by Gasteiger charge is -2.39. The molecule has 1 aromatic carbocycles. The van der Waals surface area contributed by atoms with Gasteiger partial charge in [0.1, 0.15) is 47.2 Å². The highest BCUT2D eigenvalue weighted by atomic mass is 16.7. The van der Waals surface area contributed by atoms with Gasteiger partial charge in [-0.05, 0) is 0 Å². The minimum Gasteiger partial charge on any atom is -0.508 e. The number of rotatable bonds is 4. The van der Waals surface area contributed by atoms with E-state index in [0.29, 0.717) is 0 Å². The lowest BCUT2D eigenvalue weighted by molar-refractivity contribution is -0.277. The van der Waals surface area contributed by atoms with Crippen molar-refractivity contribution >= 4 is 5.97 Å². The Hall–Kier alpha value is -2.11. The Morgan fingerprint density at radius 3 is 2.42 bits per heavy atom. The molecule has 0 spiro atoms. The molecule has 134 valence electrons. The summed E-state index contributed by atoms with van der Waals surface area (Å²) in [6.07, 6.45) is -7.81. The fourth-order valence-corrected chi connectivity index (χ4v) is 2.28. The van der Waals surface area contributed by atoms with Gasteiger partial charge in [-0.3, -0.25) is 0 Å². The van der Waals surface area contributed by atoms with Gasteiger partial charge in [-0.15, -0.1) is 0 Å². The van der Waals surface area contributed by atoms with E-state index in [4.69, 9.17) is 14.6 Å². The molecule has 0 amide bonds. The minimum atomic E-state index is -1.72. The molecule has 1 aromatic rings. The van der Waals surface area contributed by atoms with Crippen molar-refractivity contribution in [3.8, 4) is 17.2 Å². The maximum Gasteiger partial charge on any atom is 0.345 e. The molecule has 2 rings (SSSR count). The molecular weight excluding hydrogens is 328 g/mol. The molecule has 10 nitrogen and oxygen atoms in total. The number of aliphatic hydroxyl groups is 4. The number of carbonyl (C=O) groups is 1. The van der Waals surface area contributed by atoms with Gasteiger partial charge in [-0.1, -0.05) is 0 Å². The number of esters is 1. The standard InChI is InChI=1S/C14H18O10/c1-22-13(21)9-6(17)2-5(16)3-7(9)23-14-12(20)11(19)10(18)8(4-15)24-14/h2-3,8,10-12,14-20H,4H2,1H3/t8-,10-,11+,12-,14-/m1/s1. The van der Waals surface area contributed by atoms with E-state index in [1.807, 2.05) is 0 Å². The van der Waals surface area contributed by atoms with E-state index in [0.717, 1.165) is 19.2 Å². The number of methoxy groups -OCH3 is 1. The molecule has 0 bridgehead atoms. The molecule has 0 radical (unpaired) electrons. The third-order valence-corrected chi connectivity index (χ3v) is 3.55. The Bertz CT molecular complexity index is 601. The second-order valence-electron chi connectivity index (χ2n) is 5.14. The largest absolute Gasteiger partial charge is 0.508 e. The van der Waals surface area contributed by atoms with Gasteiger partial charge >= 0.3 is 5.97 Å². The summed E-state index contributed by atoms with van der Waals surface area (Å²) >= 11 is 0. The van der Waals surface area contributed by atoms with Crippen LogP contribution in [0.25, 0.3) is 0 Å². The quantitative estimate of drug-likeness (QED) is 0.338. The third kappa shape index (κ3) is 3.37. The van der Waals surface area contributed by atoms with Crippen LogP contribution >= 0.6 is 0 Å². The minimum absolute atomic E-state index is 0.385. The smallest absolute Gasteiger partial charge is 0.345 e. The number of benzene rings is 1. The molecule has 1 fully saturated rings. The maximum absolute atomic E-state index is 11.7. The number of phenolic OH excluding ortho intramolecular Hbond substituents is 2. The summed E-state index contributed by atoms with van der Waals surface area (Å²) in [5.41, 5.74) is -0.438.